The van der Waals surface area contributed by atoms with Crippen LogP contribution in [-0.2, 0) is 14.3 Å². The number of hydrogen-bond donors (Lipinski definition) is 1. The first-order chi connectivity index (χ1) is 8.51. The lowest BCUT2D eigenvalue weighted by Gasteiger charge is -2.42. The van der Waals surface area contributed by atoms with Crippen LogP contribution in [0.1, 0.15) is 11.6 Å². The Bertz CT molecular complexity index is 474. The Morgan fingerprint density at radius 1 is 1.44 bits per heavy atom. The normalized spacial score (nSPS) is 18.9. The van der Waals surface area contributed by atoms with E-state index in [0.29, 0.717) is 5.56 Å². The van der Waals surface area contributed by atoms with E-state index in [-0.39, 0.29) is 13.2 Å². The predicted octanol–water partition coefficient (Wildman–Crippen LogP) is 1.15. The monoisotopic (exact) mass is 257 g/mol. The standard InChI is InChI=1S/C12H13F2NO3/c1-17-11(16)12(5-18-6-12)10(15)7-2-3-8(13)9(14)4-7/h2-4,10H,5-6,15H2,1H3. The quantitative estimate of drug-likeness (QED) is 0.825. The SMILES string of the molecule is COC(=O)C1(C(N)c2ccc(F)c(F)c2)COC1. The van der Waals surface area contributed by atoms with Crippen LogP contribution in [0.3, 0.4) is 0 Å². The molecule has 1 heterocycles. The van der Waals surface area contributed by atoms with E-state index in [0.717, 1.165) is 12.1 Å². The summed E-state index contributed by atoms with van der Waals surface area (Å²) >= 11 is 0. The summed E-state index contributed by atoms with van der Waals surface area (Å²) in [7, 11) is 1.25. The molecule has 1 unspecified atom stereocenters. The second-order valence-corrected chi connectivity index (χ2v) is 4.29. The molecule has 2 rings (SSSR count). The molecule has 1 aromatic rings. The highest BCUT2D eigenvalue weighted by molar-refractivity contribution is 5.79. The van der Waals surface area contributed by atoms with Gasteiger partial charge in [0.05, 0.1) is 26.4 Å². The van der Waals surface area contributed by atoms with Gasteiger partial charge in [0.1, 0.15) is 5.41 Å². The van der Waals surface area contributed by atoms with E-state index in [1.165, 1.54) is 13.2 Å². The third kappa shape index (κ3) is 1.87. The van der Waals surface area contributed by atoms with Crippen LogP contribution in [0.5, 0.6) is 0 Å². The van der Waals surface area contributed by atoms with Crippen molar-refractivity contribution in [1.82, 2.24) is 0 Å². The van der Waals surface area contributed by atoms with Gasteiger partial charge < -0.3 is 15.2 Å². The second-order valence-electron chi connectivity index (χ2n) is 4.29. The minimum Gasteiger partial charge on any atom is -0.468 e. The Labute approximate surface area is 103 Å². The number of methoxy groups -OCH3 is 1. The largest absolute Gasteiger partial charge is 0.468 e. The van der Waals surface area contributed by atoms with Gasteiger partial charge in [-0.1, -0.05) is 6.07 Å². The van der Waals surface area contributed by atoms with Gasteiger partial charge in [-0.25, -0.2) is 8.78 Å². The number of carbonyl (C=O) groups excluding carboxylic acids is 1. The molecule has 1 atom stereocenters. The summed E-state index contributed by atoms with van der Waals surface area (Å²) in [6.45, 7) is 0.222. The maximum atomic E-state index is 13.2. The van der Waals surface area contributed by atoms with Crippen molar-refractivity contribution in [3.05, 3.63) is 35.4 Å². The lowest BCUT2D eigenvalue weighted by molar-refractivity contribution is -0.188. The van der Waals surface area contributed by atoms with Gasteiger partial charge in [0.25, 0.3) is 0 Å². The molecule has 6 heteroatoms. The average Bonchev–Trinajstić information content (AvgIpc) is 2.30. The minimum atomic E-state index is -1.01. The summed E-state index contributed by atoms with van der Waals surface area (Å²) in [5.41, 5.74) is 5.28. The van der Waals surface area contributed by atoms with Crippen molar-refractivity contribution in [2.24, 2.45) is 11.1 Å². The third-order valence-corrected chi connectivity index (χ3v) is 3.21. The van der Waals surface area contributed by atoms with Crippen molar-refractivity contribution >= 4 is 5.97 Å². The Kier molecular flexibility index (Phi) is 3.32. The number of esters is 1. The molecule has 0 spiro atoms. The molecule has 1 aromatic carbocycles. The average molecular weight is 257 g/mol. The van der Waals surface area contributed by atoms with Crippen molar-refractivity contribution in [2.45, 2.75) is 6.04 Å². The zero-order chi connectivity index (χ0) is 13.3. The first-order valence-corrected chi connectivity index (χ1v) is 5.38. The first-order valence-electron chi connectivity index (χ1n) is 5.38. The van der Waals surface area contributed by atoms with Gasteiger partial charge in [-0.15, -0.1) is 0 Å². The van der Waals surface area contributed by atoms with Crippen molar-refractivity contribution < 1.29 is 23.0 Å². The second kappa shape index (κ2) is 4.62. The number of benzene rings is 1. The Balaban J connectivity index is 2.31. The van der Waals surface area contributed by atoms with Gasteiger partial charge in [-0.05, 0) is 17.7 Å². The van der Waals surface area contributed by atoms with E-state index in [9.17, 15) is 13.6 Å². The molecule has 1 aliphatic heterocycles. The lowest BCUT2D eigenvalue weighted by atomic mass is 9.75. The predicted molar refractivity (Wildman–Crippen MR) is 58.6 cm³/mol. The number of halogens is 2. The maximum Gasteiger partial charge on any atom is 0.318 e. The summed E-state index contributed by atoms with van der Waals surface area (Å²) < 4.78 is 35.7. The minimum absolute atomic E-state index is 0.111. The zero-order valence-corrected chi connectivity index (χ0v) is 9.78. The summed E-state index contributed by atoms with van der Waals surface area (Å²) in [4.78, 5) is 11.7. The van der Waals surface area contributed by atoms with Crippen LogP contribution in [0.25, 0.3) is 0 Å². The van der Waals surface area contributed by atoms with Crippen LogP contribution in [0.2, 0.25) is 0 Å². The van der Waals surface area contributed by atoms with Crippen LogP contribution < -0.4 is 5.73 Å². The van der Waals surface area contributed by atoms with Gasteiger partial charge in [-0.3, -0.25) is 4.79 Å². The number of ether oxygens (including phenoxy) is 2. The Hall–Kier alpha value is -1.53. The molecule has 0 aliphatic carbocycles. The summed E-state index contributed by atoms with van der Waals surface area (Å²) in [6.07, 6.45) is 0. The highest BCUT2D eigenvalue weighted by Gasteiger charge is 2.52. The third-order valence-electron chi connectivity index (χ3n) is 3.21. The van der Waals surface area contributed by atoms with Crippen LogP contribution in [0.15, 0.2) is 18.2 Å². The molecule has 0 saturated carbocycles. The van der Waals surface area contributed by atoms with Crippen LogP contribution in [0, 0.1) is 17.0 Å². The summed E-state index contributed by atoms with van der Waals surface area (Å²) in [6, 6.07) is 2.53. The van der Waals surface area contributed by atoms with E-state index in [1.54, 1.807) is 0 Å². The first kappa shape index (κ1) is 12.9. The lowest BCUT2D eigenvalue weighted by Crippen LogP contribution is -2.56. The van der Waals surface area contributed by atoms with Crippen molar-refractivity contribution in [3.63, 3.8) is 0 Å². The fourth-order valence-corrected chi connectivity index (χ4v) is 1.97. The van der Waals surface area contributed by atoms with Crippen molar-refractivity contribution in [3.8, 4) is 0 Å². The highest BCUT2D eigenvalue weighted by atomic mass is 19.2. The molecule has 0 bridgehead atoms. The van der Waals surface area contributed by atoms with Crippen LogP contribution in [0.4, 0.5) is 8.78 Å². The molecule has 98 valence electrons. The van der Waals surface area contributed by atoms with Gasteiger partial charge in [0, 0.05) is 0 Å². The number of hydrogen-bond acceptors (Lipinski definition) is 4. The molecule has 4 nitrogen and oxygen atoms in total. The fraction of sp³-hybridized carbons (Fsp3) is 0.417. The number of nitrogens with two attached hydrogens (primary N) is 1. The van der Waals surface area contributed by atoms with E-state index in [4.69, 9.17) is 10.5 Å². The summed E-state index contributed by atoms with van der Waals surface area (Å²) in [5.74, 6) is -2.46. The van der Waals surface area contributed by atoms with Gasteiger partial charge >= 0.3 is 5.97 Å². The topological polar surface area (TPSA) is 61.5 Å². The Morgan fingerprint density at radius 2 is 2.11 bits per heavy atom. The molecular formula is C12H13F2NO3. The van der Waals surface area contributed by atoms with Crippen molar-refractivity contribution in [2.75, 3.05) is 20.3 Å². The molecule has 0 aromatic heterocycles. The van der Waals surface area contributed by atoms with E-state index in [1.807, 2.05) is 0 Å². The van der Waals surface area contributed by atoms with Gasteiger partial charge in [0.15, 0.2) is 11.6 Å². The number of rotatable bonds is 3. The zero-order valence-electron chi connectivity index (χ0n) is 9.78. The van der Waals surface area contributed by atoms with Gasteiger partial charge in [0.2, 0.25) is 0 Å². The molecule has 18 heavy (non-hydrogen) atoms. The van der Waals surface area contributed by atoms with E-state index < -0.39 is 29.1 Å². The summed E-state index contributed by atoms with van der Waals surface area (Å²) in [5, 5.41) is 0. The highest BCUT2D eigenvalue weighted by Crippen LogP contribution is 2.40. The molecular weight excluding hydrogens is 244 g/mol. The van der Waals surface area contributed by atoms with Crippen molar-refractivity contribution in [1.29, 1.82) is 0 Å². The maximum absolute atomic E-state index is 13.2. The number of carbonyl (C=O) groups is 1. The van der Waals surface area contributed by atoms with E-state index in [2.05, 4.69) is 4.74 Å². The molecule has 1 fully saturated rings. The van der Waals surface area contributed by atoms with Gasteiger partial charge in [-0.2, -0.15) is 0 Å². The smallest absolute Gasteiger partial charge is 0.318 e. The van der Waals surface area contributed by atoms with E-state index >= 15 is 0 Å². The Morgan fingerprint density at radius 3 is 2.56 bits per heavy atom. The van der Waals surface area contributed by atoms with Crippen LogP contribution >= 0.6 is 0 Å². The molecule has 0 amide bonds. The molecule has 1 saturated heterocycles. The molecule has 2 N–H and O–H groups in total. The molecule has 1 aliphatic rings. The fourth-order valence-electron chi connectivity index (χ4n) is 1.97. The molecule has 0 radical (unpaired) electrons. The van der Waals surface area contributed by atoms with Crippen LogP contribution in [-0.4, -0.2) is 26.3 Å².